The summed E-state index contributed by atoms with van der Waals surface area (Å²) in [4.78, 5) is 0. The first-order valence-corrected chi connectivity index (χ1v) is 18.7. The van der Waals surface area contributed by atoms with Gasteiger partial charge in [0.15, 0.2) is 0 Å². The number of fused-ring (bicyclic) bond motifs is 10. The van der Waals surface area contributed by atoms with E-state index < -0.39 is 5.41 Å². The van der Waals surface area contributed by atoms with E-state index in [1.807, 2.05) is 0 Å². The highest BCUT2D eigenvalue weighted by atomic mass is 16.5. The van der Waals surface area contributed by atoms with Crippen LogP contribution in [0.25, 0.3) is 33.4 Å². The van der Waals surface area contributed by atoms with E-state index in [0.29, 0.717) is 0 Å². The minimum absolute atomic E-state index is 0.0346. The van der Waals surface area contributed by atoms with Crippen molar-refractivity contribution in [1.82, 2.24) is 5.32 Å². The van der Waals surface area contributed by atoms with E-state index in [0.717, 1.165) is 17.2 Å². The number of anilines is 1. The molecule has 8 aromatic carbocycles. The summed E-state index contributed by atoms with van der Waals surface area (Å²) in [7, 11) is 0. The van der Waals surface area contributed by atoms with Gasteiger partial charge in [-0.1, -0.05) is 164 Å². The monoisotopic (exact) mass is 692 g/mol. The highest BCUT2D eigenvalue weighted by Crippen LogP contribution is 2.62. The van der Waals surface area contributed by atoms with Gasteiger partial charge in [-0.05, 0) is 91.5 Å². The molecule has 256 valence electrons. The molecule has 2 N–H and O–H groups in total. The van der Waals surface area contributed by atoms with E-state index in [1.165, 1.54) is 72.3 Å². The van der Waals surface area contributed by atoms with Crippen LogP contribution in [0, 0.1) is 0 Å². The predicted octanol–water partition coefficient (Wildman–Crippen LogP) is 12.3. The SMILES string of the molecule is c1ccc(C2NC(c3cccc(-c4ccc(-c5ccc6c(c5)C5(c7ccccc7Oc7ccccc75)c5ccccc5-6)cc4)c3)Nc3ccccc32)cc1. The van der Waals surface area contributed by atoms with Gasteiger partial charge in [0.2, 0.25) is 0 Å². The Morgan fingerprint density at radius 1 is 0.407 bits per heavy atom. The van der Waals surface area contributed by atoms with Crippen molar-refractivity contribution in [2.75, 3.05) is 5.32 Å². The molecular weight excluding hydrogens is 657 g/mol. The minimum Gasteiger partial charge on any atom is -0.457 e. The molecule has 2 aliphatic heterocycles. The average molecular weight is 693 g/mol. The molecule has 1 aliphatic carbocycles. The third kappa shape index (κ3) is 4.65. The summed E-state index contributed by atoms with van der Waals surface area (Å²) in [6.45, 7) is 0. The predicted molar refractivity (Wildman–Crippen MR) is 219 cm³/mol. The van der Waals surface area contributed by atoms with Crippen LogP contribution in [0.15, 0.2) is 194 Å². The van der Waals surface area contributed by atoms with Crippen molar-refractivity contribution in [1.29, 1.82) is 0 Å². The summed E-state index contributed by atoms with van der Waals surface area (Å²) in [6, 6.07) is 70.4. The molecule has 3 aliphatic rings. The van der Waals surface area contributed by atoms with Crippen molar-refractivity contribution in [3.8, 4) is 44.9 Å². The third-order valence-electron chi connectivity index (χ3n) is 11.7. The summed E-state index contributed by atoms with van der Waals surface area (Å²) in [5, 5.41) is 7.66. The quantitative estimate of drug-likeness (QED) is 0.193. The smallest absolute Gasteiger partial charge is 0.132 e. The first-order valence-electron chi connectivity index (χ1n) is 18.7. The van der Waals surface area contributed by atoms with E-state index in [9.17, 15) is 0 Å². The Hall–Kier alpha value is -6.68. The highest BCUT2D eigenvalue weighted by molar-refractivity contribution is 5.90. The molecule has 1 spiro atoms. The maximum atomic E-state index is 6.54. The fourth-order valence-electron chi connectivity index (χ4n) is 9.22. The van der Waals surface area contributed by atoms with Crippen molar-refractivity contribution >= 4 is 5.69 Å². The van der Waals surface area contributed by atoms with Crippen molar-refractivity contribution in [2.24, 2.45) is 0 Å². The Morgan fingerprint density at radius 2 is 0.981 bits per heavy atom. The van der Waals surface area contributed by atoms with Gasteiger partial charge < -0.3 is 10.1 Å². The standard InChI is InChI=1S/C51H36N2O/c1-2-13-35(14-3-1)49-41-18-5-9-22-46(41)52-50(53-49)38-16-12-15-36(31-38)33-25-27-34(28-26-33)37-29-30-40-39-17-4-6-19-42(39)51(45(40)32-37)43-20-7-10-23-47(43)54-48-24-11-8-21-44(48)51/h1-32,49-50,52-53H. The second kappa shape index (κ2) is 12.2. The molecule has 0 saturated carbocycles. The minimum atomic E-state index is -0.477. The molecule has 2 unspecified atom stereocenters. The van der Waals surface area contributed by atoms with Gasteiger partial charge in [-0.2, -0.15) is 0 Å². The molecule has 8 aromatic rings. The van der Waals surface area contributed by atoms with Crippen LogP contribution in [0.2, 0.25) is 0 Å². The number of benzene rings is 8. The molecule has 3 nitrogen and oxygen atoms in total. The Kier molecular flexibility index (Phi) is 6.98. The van der Waals surface area contributed by atoms with E-state index in [2.05, 4.69) is 205 Å². The number of rotatable bonds is 4. The zero-order valence-corrected chi connectivity index (χ0v) is 29.5. The molecule has 11 rings (SSSR count). The lowest BCUT2D eigenvalue weighted by atomic mass is 9.66. The number of para-hydroxylation sites is 3. The zero-order valence-electron chi connectivity index (χ0n) is 29.5. The van der Waals surface area contributed by atoms with Crippen LogP contribution in [0.3, 0.4) is 0 Å². The summed E-state index contributed by atoms with van der Waals surface area (Å²) in [5.41, 5.74) is 16.7. The lowest BCUT2D eigenvalue weighted by Gasteiger charge is -2.39. The van der Waals surface area contributed by atoms with Crippen LogP contribution in [0.5, 0.6) is 11.5 Å². The maximum absolute atomic E-state index is 6.54. The van der Waals surface area contributed by atoms with Crippen LogP contribution in [0.1, 0.15) is 51.2 Å². The van der Waals surface area contributed by atoms with E-state index in [-0.39, 0.29) is 12.2 Å². The van der Waals surface area contributed by atoms with Gasteiger partial charge in [0.1, 0.15) is 17.7 Å². The molecule has 0 saturated heterocycles. The van der Waals surface area contributed by atoms with Gasteiger partial charge in [-0.25, -0.2) is 0 Å². The van der Waals surface area contributed by atoms with Crippen molar-refractivity contribution in [2.45, 2.75) is 17.6 Å². The first kappa shape index (κ1) is 30.9. The van der Waals surface area contributed by atoms with Gasteiger partial charge >= 0.3 is 0 Å². The lowest BCUT2D eigenvalue weighted by Crippen LogP contribution is -2.37. The number of nitrogens with one attached hydrogen (secondary N) is 2. The Bertz CT molecular complexity index is 2670. The van der Waals surface area contributed by atoms with Crippen LogP contribution >= 0.6 is 0 Å². The van der Waals surface area contributed by atoms with E-state index in [1.54, 1.807) is 0 Å². The topological polar surface area (TPSA) is 33.3 Å². The molecule has 2 heterocycles. The number of hydrogen-bond donors (Lipinski definition) is 2. The molecule has 3 heteroatoms. The fraction of sp³-hybridized carbons (Fsp3) is 0.0588. The largest absolute Gasteiger partial charge is 0.457 e. The Morgan fingerprint density at radius 3 is 1.74 bits per heavy atom. The Labute approximate surface area is 315 Å². The maximum Gasteiger partial charge on any atom is 0.132 e. The molecule has 0 fully saturated rings. The summed E-state index contributed by atoms with van der Waals surface area (Å²) in [6.07, 6.45) is -0.0346. The van der Waals surface area contributed by atoms with Gasteiger partial charge in [-0.15, -0.1) is 0 Å². The molecule has 2 atom stereocenters. The normalized spacial score (nSPS) is 16.9. The van der Waals surface area contributed by atoms with Crippen LogP contribution < -0.4 is 15.4 Å². The molecule has 0 bridgehead atoms. The van der Waals surface area contributed by atoms with Crippen molar-refractivity contribution in [3.63, 3.8) is 0 Å². The lowest BCUT2D eigenvalue weighted by molar-refractivity contribution is 0.436. The van der Waals surface area contributed by atoms with Gasteiger partial charge in [0.05, 0.1) is 11.5 Å². The van der Waals surface area contributed by atoms with Gasteiger partial charge in [0.25, 0.3) is 0 Å². The molecule has 0 amide bonds. The summed E-state index contributed by atoms with van der Waals surface area (Å²) in [5.74, 6) is 1.82. The molecule has 0 aromatic heterocycles. The highest BCUT2D eigenvalue weighted by Gasteiger charge is 2.51. The third-order valence-corrected chi connectivity index (χ3v) is 11.7. The summed E-state index contributed by atoms with van der Waals surface area (Å²) < 4.78 is 6.54. The van der Waals surface area contributed by atoms with Gasteiger partial charge in [0, 0.05) is 16.8 Å². The van der Waals surface area contributed by atoms with Crippen molar-refractivity contribution < 1.29 is 4.74 Å². The number of ether oxygens (including phenoxy) is 1. The van der Waals surface area contributed by atoms with Gasteiger partial charge in [-0.3, -0.25) is 5.32 Å². The second-order valence-corrected chi connectivity index (χ2v) is 14.5. The first-order chi connectivity index (χ1) is 26.8. The molecular formula is C51H36N2O. The van der Waals surface area contributed by atoms with Crippen LogP contribution in [0.4, 0.5) is 5.69 Å². The van der Waals surface area contributed by atoms with Crippen molar-refractivity contribution in [3.05, 3.63) is 233 Å². The van der Waals surface area contributed by atoms with Crippen LogP contribution in [-0.4, -0.2) is 0 Å². The van der Waals surface area contributed by atoms with E-state index >= 15 is 0 Å². The number of hydrogen-bond acceptors (Lipinski definition) is 3. The fourth-order valence-corrected chi connectivity index (χ4v) is 9.22. The van der Waals surface area contributed by atoms with E-state index in [4.69, 9.17) is 4.74 Å². The summed E-state index contributed by atoms with van der Waals surface area (Å²) >= 11 is 0. The zero-order chi connectivity index (χ0) is 35.6. The molecule has 54 heavy (non-hydrogen) atoms. The Balaban J connectivity index is 0.960. The molecule has 0 radical (unpaired) electrons. The second-order valence-electron chi connectivity index (χ2n) is 14.5. The van der Waals surface area contributed by atoms with Crippen LogP contribution in [-0.2, 0) is 5.41 Å². The average Bonchev–Trinajstić information content (AvgIpc) is 3.53.